The van der Waals surface area contributed by atoms with Crippen LogP contribution >= 0.6 is 11.8 Å². The molecule has 0 saturated heterocycles. The van der Waals surface area contributed by atoms with E-state index in [2.05, 4.69) is 4.72 Å². The van der Waals surface area contributed by atoms with Gasteiger partial charge in [0.05, 0.1) is 11.5 Å². The van der Waals surface area contributed by atoms with E-state index in [1.54, 1.807) is 24.0 Å². The van der Waals surface area contributed by atoms with Crippen molar-refractivity contribution in [1.82, 2.24) is 9.29 Å². The van der Waals surface area contributed by atoms with E-state index >= 15 is 0 Å². The Kier molecular flexibility index (Phi) is 4.53. The largest absolute Gasteiger partial charge is 0.390 e. The highest BCUT2D eigenvalue weighted by atomic mass is 32.2. The zero-order valence-corrected chi connectivity index (χ0v) is 13.7. The maximum Gasteiger partial charge on any atom is 0.242 e. The van der Waals surface area contributed by atoms with Gasteiger partial charge in [0, 0.05) is 29.2 Å². The molecule has 0 atom stereocenters. The number of aromatic nitrogens is 1. The lowest BCUT2D eigenvalue weighted by Crippen LogP contribution is -2.35. The topological polar surface area (TPSA) is 71.3 Å². The number of nitrogens with one attached hydrogen (secondary N) is 1. The van der Waals surface area contributed by atoms with Gasteiger partial charge in [0.25, 0.3) is 0 Å². The Balaban J connectivity index is 2.17. The molecule has 0 bridgehead atoms. The van der Waals surface area contributed by atoms with Gasteiger partial charge in [-0.1, -0.05) is 0 Å². The first kappa shape index (κ1) is 15.9. The Morgan fingerprint density at radius 3 is 2.65 bits per heavy atom. The van der Waals surface area contributed by atoms with Crippen molar-refractivity contribution in [1.29, 1.82) is 0 Å². The highest BCUT2D eigenvalue weighted by Gasteiger charge is 2.28. The van der Waals surface area contributed by atoms with Gasteiger partial charge >= 0.3 is 0 Å². The third-order valence-electron chi connectivity index (χ3n) is 3.56. The van der Waals surface area contributed by atoms with E-state index < -0.39 is 10.0 Å². The molecule has 1 aliphatic rings. The molecule has 0 amide bonds. The van der Waals surface area contributed by atoms with Gasteiger partial charge in [-0.05, 0) is 39.0 Å². The molecule has 7 heteroatoms. The average molecular weight is 318 g/mol. The zero-order valence-electron chi connectivity index (χ0n) is 12.1. The van der Waals surface area contributed by atoms with E-state index in [1.165, 1.54) is 0 Å². The van der Waals surface area contributed by atoms with Crippen molar-refractivity contribution in [2.24, 2.45) is 0 Å². The van der Waals surface area contributed by atoms with Crippen molar-refractivity contribution >= 4 is 21.8 Å². The summed E-state index contributed by atoms with van der Waals surface area (Å²) in [6, 6.07) is 1.91. The van der Waals surface area contributed by atoms with Crippen LogP contribution in [0.3, 0.4) is 0 Å². The normalized spacial score (nSPS) is 16.6. The van der Waals surface area contributed by atoms with Crippen molar-refractivity contribution in [2.75, 3.05) is 12.8 Å². The molecule has 0 unspecified atom stereocenters. The average Bonchev–Trinajstić information content (AvgIpc) is 3.15. The summed E-state index contributed by atoms with van der Waals surface area (Å²) in [4.78, 5) is 0.241. The van der Waals surface area contributed by atoms with Crippen LogP contribution in [0.25, 0.3) is 0 Å². The van der Waals surface area contributed by atoms with Crippen LogP contribution in [0.2, 0.25) is 0 Å². The van der Waals surface area contributed by atoms with Crippen molar-refractivity contribution in [3.63, 3.8) is 0 Å². The van der Waals surface area contributed by atoms with Gasteiger partial charge in [0.1, 0.15) is 0 Å². The molecule has 5 nitrogen and oxygen atoms in total. The molecule has 1 aliphatic carbocycles. The lowest BCUT2D eigenvalue weighted by Gasteiger charge is -2.21. The lowest BCUT2D eigenvalue weighted by atomic mass is 10.2. The maximum absolute atomic E-state index is 12.3. The third-order valence-corrected chi connectivity index (χ3v) is 6.18. The minimum absolute atomic E-state index is 0.137. The molecule has 0 aromatic carbocycles. The summed E-state index contributed by atoms with van der Waals surface area (Å²) in [6.45, 7) is 4.23. The zero-order chi connectivity index (χ0) is 15.0. The van der Waals surface area contributed by atoms with E-state index in [1.807, 2.05) is 24.7 Å². The summed E-state index contributed by atoms with van der Waals surface area (Å²) in [7, 11) is -3.52. The number of aliphatic hydroxyl groups is 1. The van der Waals surface area contributed by atoms with Gasteiger partial charge in [0.15, 0.2) is 0 Å². The number of nitrogens with zero attached hydrogens (tertiary/aromatic N) is 1. The molecule has 1 heterocycles. The second-order valence-corrected chi connectivity index (χ2v) is 9.03. The van der Waals surface area contributed by atoms with Crippen LogP contribution in [0, 0.1) is 0 Å². The summed E-state index contributed by atoms with van der Waals surface area (Å²) in [5.41, 5.74) is 0.664. The number of hydrogen-bond acceptors (Lipinski definition) is 4. The fourth-order valence-electron chi connectivity index (χ4n) is 1.89. The predicted octanol–water partition coefficient (Wildman–Crippen LogP) is 1.74. The van der Waals surface area contributed by atoms with E-state index in [0.29, 0.717) is 18.3 Å². The van der Waals surface area contributed by atoms with E-state index in [-0.39, 0.29) is 16.2 Å². The number of thioether (sulfide) groups is 1. The molecule has 0 aliphatic heterocycles. The molecule has 1 fully saturated rings. The summed E-state index contributed by atoms with van der Waals surface area (Å²) < 4.78 is 29.0. The standard InChI is InChI=1S/C13H22N2O3S2/c1-13(2,19-3)9-14-20(17,18)12-6-11(8-16)15(7-12)10-4-5-10/h6-7,10,14,16H,4-5,8-9H2,1-3H3. The van der Waals surface area contributed by atoms with Crippen LogP contribution in [-0.4, -0.2) is 35.6 Å². The van der Waals surface area contributed by atoms with Crippen LogP contribution in [0.1, 0.15) is 38.4 Å². The molecule has 114 valence electrons. The van der Waals surface area contributed by atoms with Gasteiger partial charge in [-0.15, -0.1) is 0 Å². The highest BCUT2D eigenvalue weighted by molar-refractivity contribution is 8.00. The Bertz CT molecular complexity index is 574. The van der Waals surface area contributed by atoms with Gasteiger partial charge in [0.2, 0.25) is 10.0 Å². The van der Waals surface area contributed by atoms with Crippen LogP contribution in [0.15, 0.2) is 17.2 Å². The second-order valence-electron chi connectivity index (χ2n) is 5.75. The monoisotopic (exact) mass is 318 g/mol. The first-order valence-electron chi connectivity index (χ1n) is 6.65. The summed E-state index contributed by atoms with van der Waals surface area (Å²) >= 11 is 1.62. The van der Waals surface area contributed by atoms with Crippen LogP contribution in [-0.2, 0) is 16.6 Å². The van der Waals surface area contributed by atoms with Crippen LogP contribution in [0.5, 0.6) is 0 Å². The fraction of sp³-hybridized carbons (Fsp3) is 0.692. The van der Waals surface area contributed by atoms with Crippen molar-refractivity contribution in [3.8, 4) is 0 Å². The fourth-order valence-corrected chi connectivity index (χ4v) is 3.46. The lowest BCUT2D eigenvalue weighted by molar-refractivity contribution is 0.270. The van der Waals surface area contributed by atoms with Gasteiger partial charge < -0.3 is 9.67 Å². The van der Waals surface area contributed by atoms with E-state index in [9.17, 15) is 13.5 Å². The quantitative estimate of drug-likeness (QED) is 0.803. The molecular weight excluding hydrogens is 296 g/mol. The van der Waals surface area contributed by atoms with Crippen LogP contribution < -0.4 is 4.72 Å². The number of rotatable bonds is 7. The molecule has 20 heavy (non-hydrogen) atoms. The highest BCUT2D eigenvalue weighted by Crippen LogP contribution is 2.37. The summed E-state index contributed by atoms with van der Waals surface area (Å²) in [6.07, 6.45) is 5.70. The Morgan fingerprint density at radius 1 is 1.50 bits per heavy atom. The smallest absolute Gasteiger partial charge is 0.242 e. The molecule has 1 saturated carbocycles. The first-order chi connectivity index (χ1) is 9.29. The second kappa shape index (κ2) is 5.71. The SMILES string of the molecule is CSC(C)(C)CNS(=O)(=O)c1cc(CO)n(C2CC2)c1. The van der Waals surface area contributed by atoms with Gasteiger partial charge in [-0.3, -0.25) is 0 Å². The Morgan fingerprint density at radius 2 is 2.15 bits per heavy atom. The Hall–Kier alpha value is -0.500. The summed E-state index contributed by atoms with van der Waals surface area (Å²) in [5, 5.41) is 9.33. The van der Waals surface area contributed by atoms with Crippen molar-refractivity contribution < 1.29 is 13.5 Å². The molecule has 2 rings (SSSR count). The van der Waals surface area contributed by atoms with E-state index in [4.69, 9.17) is 0 Å². The number of aliphatic hydroxyl groups excluding tert-OH is 1. The first-order valence-corrected chi connectivity index (χ1v) is 9.36. The summed E-state index contributed by atoms with van der Waals surface area (Å²) in [5.74, 6) is 0. The molecule has 2 N–H and O–H groups in total. The van der Waals surface area contributed by atoms with Gasteiger partial charge in [-0.2, -0.15) is 11.8 Å². The van der Waals surface area contributed by atoms with Crippen LogP contribution in [0.4, 0.5) is 0 Å². The predicted molar refractivity (Wildman–Crippen MR) is 81.4 cm³/mol. The molecule has 1 aromatic rings. The maximum atomic E-state index is 12.3. The van der Waals surface area contributed by atoms with Gasteiger partial charge in [-0.25, -0.2) is 13.1 Å². The minimum Gasteiger partial charge on any atom is -0.390 e. The van der Waals surface area contributed by atoms with E-state index in [0.717, 1.165) is 12.8 Å². The van der Waals surface area contributed by atoms with Crippen molar-refractivity contribution in [3.05, 3.63) is 18.0 Å². The Labute approximate surface area is 124 Å². The third kappa shape index (κ3) is 3.58. The molecule has 0 spiro atoms. The minimum atomic E-state index is -3.52. The molecule has 1 aromatic heterocycles. The number of hydrogen-bond donors (Lipinski definition) is 2. The molecule has 0 radical (unpaired) electrons. The number of sulfonamides is 1. The molecular formula is C13H22N2O3S2. The van der Waals surface area contributed by atoms with Crippen molar-refractivity contribution in [2.45, 2.75) is 49.0 Å².